The second kappa shape index (κ2) is 6.23. The molecule has 0 bridgehead atoms. The Kier molecular flexibility index (Phi) is 4.15. The number of benzene rings is 3. The minimum absolute atomic E-state index is 0.490. The largest absolute Gasteiger partial charge is 0.192 e. The van der Waals surface area contributed by atoms with E-state index in [0.29, 0.717) is 21.2 Å². The van der Waals surface area contributed by atoms with Crippen molar-refractivity contribution in [1.82, 2.24) is 0 Å². The summed E-state index contributed by atoms with van der Waals surface area (Å²) in [6.45, 7) is 0. The van der Waals surface area contributed by atoms with E-state index >= 15 is 0 Å². The molecule has 0 unspecified atom stereocenters. The summed E-state index contributed by atoms with van der Waals surface area (Å²) in [5.41, 5.74) is 2.11. The fourth-order valence-electron chi connectivity index (χ4n) is 2.41. The summed E-state index contributed by atoms with van der Waals surface area (Å²) < 4.78 is 0. The minimum atomic E-state index is 0.490. The van der Waals surface area contributed by atoms with Gasteiger partial charge >= 0.3 is 0 Å². The monoisotopic (exact) mass is 323 g/mol. The van der Waals surface area contributed by atoms with E-state index in [2.05, 4.69) is 6.07 Å². The van der Waals surface area contributed by atoms with Gasteiger partial charge in [0, 0.05) is 15.6 Å². The Morgan fingerprint density at radius 1 is 0.955 bits per heavy atom. The molecule has 3 aromatic carbocycles. The second-order valence-corrected chi connectivity index (χ2v) is 5.71. The van der Waals surface area contributed by atoms with Crippen molar-refractivity contribution in [3.05, 3.63) is 81.8 Å². The molecular weight excluding hydrogens is 313 g/mol. The van der Waals surface area contributed by atoms with Crippen LogP contribution >= 0.6 is 23.2 Å². The molecule has 0 spiro atoms. The molecule has 0 saturated carbocycles. The van der Waals surface area contributed by atoms with Crippen LogP contribution in [0.5, 0.6) is 0 Å². The Labute approximate surface area is 139 Å². The molecule has 1 nitrogen and oxygen atoms in total. The smallest absolute Gasteiger partial charge is 0.0998 e. The first-order valence-corrected chi connectivity index (χ1v) is 7.49. The van der Waals surface area contributed by atoms with Gasteiger partial charge in [0.15, 0.2) is 0 Å². The van der Waals surface area contributed by atoms with Crippen LogP contribution in [0.1, 0.15) is 11.1 Å². The van der Waals surface area contributed by atoms with Gasteiger partial charge in [0.1, 0.15) is 0 Å². The molecule has 3 aromatic rings. The molecule has 0 radical (unpaired) electrons. The maximum Gasteiger partial charge on any atom is 0.0998 e. The number of allylic oxidation sites excluding steroid dienone is 1. The molecule has 0 aliphatic heterocycles. The van der Waals surface area contributed by atoms with Gasteiger partial charge in [-0.15, -0.1) is 0 Å². The number of halogens is 2. The normalized spacial score (nSPS) is 11.4. The third kappa shape index (κ3) is 2.85. The molecule has 22 heavy (non-hydrogen) atoms. The van der Waals surface area contributed by atoms with E-state index in [1.807, 2.05) is 48.5 Å². The van der Waals surface area contributed by atoms with Crippen molar-refractivity contribution in [3.63, 3.8) is 0 Å². The zero-order valence-corrected chi connectivity index (χ0v) is 13.1. The predicted molar refractivity (Wildman–Crippen MR) is 93.9 cm³/mol. The highest BCUT2D eigenvalue weighted by molar-refractivity contribution is 6.34. The zero-order valence-electron chi connectivity index (χ0n) is 11.6. The van der Waals surface area contributed by atoms with Crippen LogP contribution in [0.2, 0.25) is 10.0 Å². The van der Waals surface area contributed by atoms with E-state index in [4.69, 9.17) is 23.2 Å². The average Bonchev–Trinajstić information content (AvgIpc) is 2.55. The summed E-state index contributed by atoms with van der Waals surface area (Å²) in [5.74, 6) is 0. The van der Waals surface area contributed by atoms with Crippen molar-refractivity contribution >= 4 is 45.6 Å². The van der Waals surface area contributed by atoms with E-state index in [0.717, 1.165) is 16.3 Å². The molecule has 0 N–H and O–H groups in total. The van der Waals surface area contributed by atoms with Gasteiger partial charge in [0.2, 0.25) is 0 Å². The molecule has 0 aliphatic carbocycles. The Morgan fingerprint density at radius 2 is 1.73 bits per heavy atom. The third-order valence-corrected chi connectivity index (χ3v) is 4.03. The van der Waals surface area contributed by atoms with E-state index < -0.39 is 0 Å². The molecule has 0 aromatic heterocycles. The van der Waals surface area contributed by atoms with Gasteiger partial charge in [-0.05, 0) is 40.6 Å². The summed E-state index contributed by atoms with van der Waals surface area (Å²) >= 11 is 12.2. The van der Waals surface area contributed by atoms with Crippen LogP contribution in [-0.4, -0.2) is 0 Å². The Morgan fingerprint density at radius 3 is 2.55 bits per heavy atom. The number of fused-ring (bicyclic) bond motifs is 1. The molecule has 3 rings (SSSR count). The maximum atomic E-state index is 9.51. The maximum absolute atomic E-state index is 9.51. The summed E-state index contributed by atoms with van der Waals surface area (Å²) in [7, 11) is 0. The molecule has 0 fully saturated rings. The highest BCUT2D eigenvalue weighted by atomic mass is 35.5. The van der Waals surface area contributed by atoms with Crippen molar-refractivity contribution in [3.8, 4) is 6.07 Å². The van der Waals surface area contributed by atoms with Crippen LogP contribution in [0, 0.1) is 11.3 Å². The van der Waals surface area contributed by atoms with Gasteiger partial charge < -0.3 is 0 Å². The van der Waals surface area contributed by atoms with Crippen molar-refractivity contribution in [2.45, 2.75) is 0 Å². The lowest BCUT2D eigenvalue weighted by Crippen LogP contribution is -1.85. The Hall–Kier alpha value is -2.27. The van der Waals surface area contributed by atoms with Gasteiger partial charge in [0.05, 0.1) is 11.6 Å². The van der Waals surface area contributed by atoms with Gasteiger partial charge in [0.25, 0.3) is 0 Å². The van der Waals surface area contributed by atoms with Crippen molar-refractivity contribution < 1.29 is 0 Å². The number of rotatable bonds is 2. The lowest BCUT2D eigenvalue weighted by atomic mass is 9.99. The van der Waals surface area contributed by atoms with Crippen LogP contribution in [0.15, 0.2) is 60.7 Å². The molecule has 3 heteroatoms. The van der Waals surface area contributed by atoms with Gasteiger partial charge in [-0.25, -0.2) is 0 Å². The molecule has 0 saturated heterocycles. The van der Waals surface area contributed by atoms with E-state index in [1.165, 1.54) is 0 Å². The van der Waals surface area contributed by atoms with Crippen molar-refractivity contribution in [1.29, 1.82) is 5.26 Å². The molecule has 0 atom stereocenters. The van der Waals surface area contributed by atoms with Crippen molar-refractivity contribution in [2.24, 2.45) is 0 Å². The lowest BCUT2D eigenvalue weighted by molar-refractivity contribution is 1.52. The lowest BCUT2D eigenvalue weighted by Gasteiger charge is -2.06. The standard InChI is InChI=1S/C19H11Cl2N/c20-16-8-9-19(21)18(11-16)15(12-22)10-14-6-3-5-13-4-1-2-7-17(13)14/h1-11H/b15-10-. The van der Waals surface area contributed by atoms with Gasteiger partial charge in [-0.2, -0.15) is 5.26 Å². The summed E-state index contributed by atoms with van der Waals surface area (Å²) in [6, 6.07) is 21.4. The van der Waals surface area contributed by atoms with E-state index in [1.54, 1.807) is 18.2 Å². The number of nitrogens with zero attached hydrogens (tertiary/aromatic N) is 1. The number of hydrogen-bond donors (Lipinski definition) is 0. The predicted octanol–water partition coefficient (Wildman–Crippen LogP) is 6.21. The highest BCUT2D eigenvalue weighted by Crippen LogP contribution is 2.30. The SMILES string of the molecule is N#C/C(=C/c1cccc2ccccc12)c1cc(Cl)ccc1Cl. The average molecular weight is 324 g/mol. The van der Waals surface area contributed by atoms with E-state index in [9.17, 15) is 5.26 Å². The fourth-order valence-corrected chi connectivity index (χ4v) is 2.80. The molecular formula is C19H11Cl2N. The topological polar surface area (TPSA) is 23.8 Å². The van der Waals surface area contributed by atoms with Gasteiger partial charge in [-0.1, -0.05) is 65.7 Å². The number of nitriles is 1. The first kappa shape index (κ1) is 14.7. The van der Waals surface area contributed by atoms with Crippen molar-refractivity contribution in [2.75, 3.05) is 0 Å². The first-order chi connectivity index (χ1) is 10.7. The quantitative estimate of drug-likeness (QED) is 0.406. The third-order valence-electron chi connectivity index (χ3n) is 3.46. The van der Waals surface area contributed by atoms with Crippen LogP contribution in [0.3, 0.4) is 0 Å². The van der Waals surface area contributed by atoms with Gasteiger partial charge in [-0.3, -0.25) is 0 Å². The molecule has 0 aliphatic rings. The Bertz CT molecular complexity index is 915. The minimum Gasteiger partial charge on any atom is -0.192 e. The summed E-state index contributed by atoms with van der Waals surface area (Å²) in [6.07, 6.45) is 1.85. The fraction of sp³-hybridized carbons (Fsp3) is 0. The second-order valence-electron chi connectivity index (χ2n) is 4.86. The van der Waals surface area contributed by atoms with E-state index in [-0.39, 0.29) is 0 Å². The first-order valence-electron chi connectivity index (χ1n) is 6.74. The molecule has 0 heterocycles. The zero-order chi connectivity index (χ0) is 15.5. The van der Waals surface area contributed by atoms with Crippen LogP contribution in [0.4, 0.5) is 0 Å². The molecule has 0 amide bonds. The van der Waals surface area contributed by atoms with Crippen LogP contribution in [-0.2, 0) is 0 Å². The molecule has 106 valence electrons. The van der Waals surface area contributed by atoms with Crippen LogP contribution in [0.25, 0.3) is 22.4 Å². The summed E-state index contributed by atoms with van der Waals surface area (Å²) in [4.78, 5) is 0. The summed E-state index contributed by atoms with van der Waals surface area (Å²) in [5, 5.41) is 12.8. The number of hydrogen-bond acceptors (Lipinski definition) is 1. The van der Waals surface area contributed by atoms with Crippen LogP contribution < -0.4 is 0 Å². The Balaban J connectivity index is 2.20. The highest BCUT2D eigenvalue weighted by Gasteiger charge is 2.08.